The molecule has 2 aromatic carbocycles. The highest BCUT2D eigenvalue weighted by Gasteiger charge is 2.28. The number of sulfone groups is 1. The lowest BCUT2D eigenvalue weighted by Gasteiger charge is -2.18. The summed E-state index contributed by atoms with van der Waals surface area (Å²) in [4.78, 5) is 11.9. The number of benzene rings is 2. The van der Waals surface area contributed by atoms with E-state index in [9.17, 15) is 17.6 Å². The zero-order valence-corrected chi connectivity index (χ0v) is 14.8. The second-order valence-electron chi connectivity index (χ2n) is 5.73. The van der Waals surface area contributed by atoms with Gasteiger partial charge < -0.3 is 4.74 Å². The molecular formula is C18H14FN3O4S. The van der Waals surface area contributed by atoms with Gasteiger partial charge in [0.2, 0.25) is 0 Å². The van der Waals surface area contributed by atoms with E-state index in [4.69, 9.17) is 10.00 Å². The van der Waals surface area contributed by atoms with E-state index in [1.54, 1.807) is 24.3 Å². The molecular weight excluding hydrogens is 373 g/mol. The summed E-state index contributed by atoms with van der Waals surface area (Å²) in [7, 11) is -3.49. The Bertz CT molecular complexity index is 1060. The first kappa shape index (κ1) is 18.5. The summed E-state index contributed by atoms with van der Waals surface area (Å²) in [6.45, 7) is -0.322. The normalized spacial score (nSPS) is 16.2. The van der Waals surface area contributed by atoms with Crippen molar-refractivity contribution in [2.24, 2.45) is 5.10 Å². The van der Waals surface area contributed by atoms with Crippen molar-refractivity contribution in [3.8, 4) is 11.8 Å². The number of nitrogens with one attached hydrogen (secondary N) is 1. The van der Waals surface area contributed by atoms with Crippen LogP contribution in [0.4, 0.5) is 4.39 Å². The van der Waals surface area contributed by atoms with Crippen molar-refractivity contribution < 1.29 is 22.3 Å². The van der Waals surface area contributed by atoms with Crippen LogP contribution in [0.2, 0.25) is 0 Å². The lowest BCUT2D eigenvalue weighted by atomic mass is 10.1. The monoisotopic (exact) mass is 387 g/mol. The molecule has 1 amide bonds. The zero-order valence-electron chi connectivity index (χ0n) is 14.0. The van der Waals surface area contributed by atoms with Gasteiger partial charge >= 0.3 is 0 Å². The minimum Gasteiger partial charge on any atom is -0.484 e. The first-order valence-corrected chi connectivity index (χ1v) is 9.55. The van der Waals surface area contributed by atoms with Crippen LogP contribution in [-0.2, 0) is 14.6 Å². The fraction of sp³-hybridized carbons (Fsp3) is 0.167. The van der Waals surface area contributed by atoms with E-state index in [1.165, 1.54) is 6.07 Å². The van der Waals surface area contributed by atoms with Crippen molar-refractivity contribution in [1.29, 1.82) is 5.26 Å². The van der Waals surface area contributed by atoms with E-state index in [2.05, 4.69) is 10.5 Å². The highest BCUT2D eigenvalue weighted by molar-refractivity contribution is 7.91. The third-order valence-corrected chi connectivity index (χ3v) is 5.63. The van der Waals surface area contributed by atoms with Crippen LogP contribution in [0.25, 0.3) is 0 Å². The van der Waals surface area contributed by atoms with E-state index in [0.29, 0.717) is 11.3 Å². The number of amides is 1. The Morgan fingerprint density at radius 2 is 2.00 bits per heavy atom. The van der Waals surface area contributed by atoms with E-state index >= 15 is 0 Å². The minimum absolute atomic E-state index is 0.00279. The van der Waals surface area contributed by atoms with Gasteiger partial charge in [0, 0.05) is 12.0 Å². The van der Waals surface area contributed by atoms with Gasteiger partial charge in [-0.05, 0) is 42.5 Å². The number of hydrazone groups is 1. The molecule has 0 atom stereocenters. The predicted octanol–water partition coefficient (Wildman–Crippen LogP) is 1.77. The van der Waals surface area contributed by atoms with Gasteiger partial charge in [-0.1, -0.05) is 0 Å². The SMILES string of the molecule is N#Cc1ccc(OCC(=O)N/N=C2/CCS(=O)(=O)c3ccc(F)cc32)cc1. The summed E-state index contributed by atoms with van der Waals surface area (Å²) in [5.74, 6) is -0.900. The molecule has 1 heterocycles. The van der Waals surface area contributed by atoms with Gasteiger partial charge in [-0.15, -0.1) is 0 Å². The first-order chi connectivity index (χ1) is 12.9. The van der Waals surface area contributed by atoms with E-state index in [0.717, 1.165) is 12.1 Å². The van der Waals surface area contributed by atoms with Gasteiger partial charge in [0.25, 0.3) is 5.91 Å². The minimum atomic E-state index is -3.49. The molecule has 138 valence electrons. The molecule has 0 unspecified atom stereocenters. The number of nitrogens with zero attached hydrogens (tertiary/aromatic N) is 2. The van der Waals surface area contributed by atoms with Gasteiger partial charge in [0.05, 0.1) is 28.0 Å². The van der Waals surface area contributed by atoms with Gasteiger partial charge in [0.15, 0.2) is 16.4 Å². The van der Waals surface area contributed by atoms with Crippen molar-refractivity contribution in [3.63, 3.8) is 0 Å². The Morgan fingerprint density at radius 3 is 2.70 bits per heavy atom. The number of hydrogen-bond donors (Lipinski definition) is 1. The topological polar surface area (TPSA) is 109 Å². The number of rotatable bonds is 4. The predicted molar refractivity (Wildman–Crippen MR) is 94.4 cm³/mol. The molecule has 1 N–H and O–H groups in total. The van der Waals surface area contributed by atoms with Crippen molar-refractivity contribution in [1.82, 2.24) is 5.43 Å². The zero-order chi connectivity index (χ0) is 19.4. The van der Waals surface area contributed by atoms with Gasteiger partial charge in [-0.25, -0.2) is 18.2 Å². The molecule has 7 nitrogen and oxygen atoms in total. The van der Waals surface area contributed by atoms with Crippen molar-refractivity contribution in [3.05, 3.63) is 59.4 Å². The molecule has 0 bridgehead atoms. The lowest BCUT2D eigenvalue weighted by Crippen LogP contribution is -2.28. The number of nitriles is 1. The van der Waals surface area contributed by atoms with E-state index in [-0.39, 0.29) is 35.0 Å². The van der Waals surface area contributed by atoms with Crippen LogP contribution in [0.3, 0.4) is 0 Å². The number of ether oxygens (including phenoxy) is 1. The number of halogens is 1. The average Bonchev–Trinajstić information content (AvgIpc) is 2.66. The number of fused-ring (bicyclic) bond motifs is 1. The molecule has 1 aliphatic rings. The lowest BCUT2D eigenvalue weighted by molar-refractivity contribution is -0.123. The second-order valence-corrected chi connectivity index (χ2v) is 7.81. The van der Waals surface area contributed by atoms with Crippen LogP contribution in [0, 0.1) is 17.1 Å². The van der Waals surface area contributed by atoms with Crippen LogP contribution >= 0.6 is 0 Å². The maximum atomic E-state index is 13.5. The van der Waals surface area contributed by atoms with Crippen LogP contribution in [0.1, 0.15) is 17.5 Å². The molecule has 0 fully saturated rings. The molecule has 0 saturated carbocycles. The molecule has 0 spiro atoms. The molecule has 0 aromatic heterocycles. The molecule has 9 heteroatoms. The fourth-order valence-corrected chi connectivity index (χ4v) is 4.00. The van der Waals surface area contributed by atoms with Gasteiger partial charge in [-0.3, -0.25) is 4.79 Å². The van der Waals surface area contributed by atoms with Crippen LogP contribution in [0.15, 0.2) is 52.5 Å². The Labute approximate surface area is 155 Å². The number of carbonyl (C=O) groups excluding carboxylic acids is 1. The maximum Gasteiger partial charge on any atom is 0.277 e. The molecule has 2 aromatic rings. The Morgan fingerprint density at radius 1 is 1.26 bits per heavy atom. The Hall–Kier alpha value is -3.25. The highest BCUT2D eigenvalue weighted by Crippen LogP contribution is 2.26. The van der Waals surface area contributed by atoms with Gasteiger partial charge in [-0.2, -0.15) is 10.4 Å². The largest absolute Gasteiger partial charge is 0.484 e. The van der Waals surface area contributed by atoms with Gasteiger partial charge in [0.1, 0.15) is 11.6 Å². The summed E-state index contributed by atoms with van der Waals surface area (Å²) in [6.07, 6.45) is 0.0650. The first-order valence-electron chi connectivity index (χ1n) is 7.90. The van der Waals surface area contributed by atoms with E-state index < -0.39 is 21.6 Å². The third-order valence-electron chi connectivity index (χ3n) is 3.86. The molecule has 27 heavy (non-hydrogen) atoms. The molecule has 1 aliphatic heterocycles. The molecule has 0 saturated heterocycles. The summed E-state index contributed by atoms with van der Waals surface area (Å²) < 4.78 is 42.9. The highest BCUT2D eigenvalue weighted by atomic mass is 32.2. The number of hydrogen-bond acceptors (Lipinski definition) is 6. The number of carbonyl (C=O) groups is 1. The summed E-state index contributed by atoms with van der Waals surface area (Å²) in [5.41, 5.74) is 3.19. The second kappa shape index (κ2) is 7.55. The average molecular weight is 387 g/mol. The van der Waals surface area contributed by atoms with Crippen molar-refractivity contribution in [2.45, 2.75) is 11.3 Å². The maximum absolute atomic E-state index is 13.5. The van der Waals surface area contributed by atoms with E-state index in [1.807, 2.05) is 6.07 Å². The molecule has 0 aliphatic carbocycles. The molecule has 0 radical (unpaired) electrons. The molecule has 3 rings (SSSR count). The smallest absolute Gasteiger partial charge is 0.277 e. The fourth-order valence-electron chi connectivity index (χ4n) is 2.53. The summed E-state index contributed by atoms with van der Waals surface area (Å²) in [5, 5.41) is 12.7. The summed E-state index contributed by atoms with van der Waals surface area (Å²) in [6, 6.07) is 11.6. The quantitative estimate of drug-likeness (QED) is 0.635. The third kappa shape index (κ3) is 4.30. The van der Waals surface area contributed by atoms with Crippen LogP contribution in [0.5, 0.6) is 5.75 Å². The standard InChI is InChI=1S/C18H14FN3O4S/c19-13-3-6-17-15(9-13)16(7-8-27(17,24)25)21-22-18(23)11-26-14-4-1-12(10-20)2-5-14/h1-6,9H,7-8,11H2,(H,22,23)/b21-16-. The van der Waals surface area contributed by atoms with Crippen molar-refractivity contribution in [2.75, 3.05) is 12.4 Å². The summed E-state index contributed by atoms with van der Waals surface area (Å²) >= 11 is 0. The van der Waals surface area contributed by atoms with Crippen molar-refractivity contribution >= 4 is 21.5 Å². The van der Waals surface area contributed by atoms with Crippen LogP contribution < -0.4 is 10.2 Å². The Balaban J connectivity index is 1.68. The van der Waals surface area contributed by atoms with Crippen LogP contribution in [-0.4, -0.2) is 32.4 Å². The Kier molecular flexibility index (Phi) is 5.19.